The van der Waals surface area contributed by atoms with Gasteiger partial charge in [-0.2, -0.15) is 0 Å². The standard InChI is InChI=1S/C17H28N2S/c1-4-6-10-15(5-2)13-18-17(20)19-14(3)16-11-8-7-9-12-16/h7-9,11-12,14-15H,4-6,10,13H2,1-3H3,(H2,18,19,20). The molecule has 0 heterocycles. The lowest BCUT2D eigenvalue weighted by Gasteiger charge is -2.20. The van der Waals surface area contributed by atoms with Crippen molar-refractivity contribution in [2.75, 3.05) is 6.54 Å². The third kappa shape index (κ3) is 6.38. The Bertz CT molecular complexity index is 378. The summed E-state index contributed by atoms with van der Waals surface area (Å²) in [6.07, 6.45) is 5.08. The first kappa shape index (κ1) is 17.0. The van der Waals surface area contributed by atoms with E-state index in [1.54, 1.807) is 0 Å². The lowest BCUT2D eigenvalue weighted by Crippen LogP contribution is -2.39. The number of thiocarbonyl (C=S) groups is 1. The van der Waals surface area contributed by atoms with Gasteiger partial charge in [-0.15, -0.1) is 0 Å². The van der Waals surface area contributed by atoms with Crippen LogP contribution >= 0.6 is 12.2 Å². The Morgan fingerprint density at radius 1 is 1.20 bits per heavy atom. The molecule has 0 bridgehead atoms. The minimum Gasteiger partial charge on any atom is -0.362 e. The van der Waals surface area contributed by atoms with Crippen molar-refractivity contribution in [1.29, 1.82) is 0 Å². The smallest absolute Gasteiger partial charge is 0.166 e. The quantitative estimate of drug-likeness (QED) is 0.693. The molecule has 20 heavy (non-hydrogen) atoms. The van der Waals surface area contributed by atoms with Crippen molar-refractivity contribution < 1.29 is 0 Å². The normalized spacial score (nSPS) is 13.6. The first-order valence-electron chi connectivity index (χ1n) is 7.76. The average Bonchev–Trinajstić information content (AvgIpc) is 2.48. The van der Waals surface area contributed by atoms with Crippen LogP contribution in [0.1, 0.15) is 58.1 Å². The van der Waals surface area contributed by atoms with E-state index in [0.717, 1.165) is 17.6 Å². The molecule has 0 aliphatic carbocycles. The van der Waals surface area contributed by atoms with Crippen LogP contribution in [0.15, 0.2) is 30.3 Å². The average molecular weight is 292 g/mol. The molecular weight excluding hydrogens is 264 g/mol. The van der Waals surface area contributed by atoms with Gasteiger partial charge in [-0.3, -0.25) is 0 Å². The predicted octanol–water partition coefficient (Wildman–Crippen LogP) is 4.43. The van der Waals surface area contributed by atoms with E-state index in [1.165, 1.54) is 31.2 Å². The van der Waals surface area contributed by atoms with Crippen molar-refractivity contribution in [2.45, 2.75) is 52.5 Å². The summed E-state index contributed by atoms with van der Waals surface area (Å²) in [6, 6.07) is 10.6. The molecule has 1 aromatic rings. The fourth-order valence-corrected chi connectivity index (χ4v) is 2.51. The van der Waals surface area contributed by atoms with Gasteiger partial charge in [-0.05, 0) is 37.0 Å². The van der Waals surface area contributed by atoms with Crippen LogP contribution in [0.3, 0.4) is 0 Å². The number of hydrogen-bond acceptors (Lipinski definition) is 1. The number of rotatable bonds is 8. The Hall–Kier alpha value is -1.09. The van der Waals surface area contributed by atoms with Gasteiger partial charge in [-0.1, -0.05) is 63.4 Å². The zero-order valence-corrected chi connectivity index (χ0v) is 13.8. The molecule has 2 atom stereocenters. The van der Waals surface area contributed by atoms with Crippen LogP contribution in [0.25, 0.3) is 0 Å². The predicted molar refractivity (Wildman–Crippen MR) is 91.9 cm³/mol. The molecule has 0 saturated carbocycles. The minimum atomic E-state index is 0.243. The summed E-state index contributed by atoms with van der Waals surface area (Å²) in [5, 5.41) is 7.48. The van der Waals surface area contributed by atoms with E-state index in [-0.39, 0.29) is 6.04 Å². The molecule has 0 radical (unpaired) electrons. The highest BCUT2D eigenvalue weighted by Gasteiger charge is 2.09. The Morgan fingerprint density at radius 2 is 1.90 bits per heavy atom. The molecule has 0 aliphatic heterocycles. The largest absolute Gasteiger partial charge is 0.362 e. The molecular formula is C17H28N2S. The second-order valence-electron chi connectivity index (χ2n) is 5.40. The van der Waals surface area contributed by atoms with E-state index >= 15 is 0 Å². The van der Waals surface area contributed by atoms with E-state index in [4.69, 9.17) is 12.2 Å². The molecule has 2 unspecified atom stereocenters. The highest BCUT2D eigenvalue weighted by Crippen LogP contribution is 2.12. The summed E-state index contributed by atoms with van der Waals surface area (Å²) in [5.41, 5.74) is 1.26. The van der Waals surface area contributed by atoms with Crippen molar-refractivity contribution in [3.63, 3.8) is 0 Å². The topological polar surface area (TPSA) is 24.1 Å². The van der Waals surface area contributed by atoms with Crippen molar-refractivity contribution in [2.24, 2.45) is 5.92 Å². The Labute approximate surface area is 129 Å². The van der Waals surface area contributed by atoms with Gasteiger partial charge in [0.1, 0.15) is 0 Å². The fourth-order valence-electron chi connectivity index (χ4n) is 2.25. The number of nitrogens with one attached hydrogen (secondary N) is 2. The highest BCUT2D eigenvalue weighted by molar-refractivity contribution is 7.80. The van der Waals surface area contributed by atoms with Crippen molar-refractivity contribution in [3.05, 3.63) is 35.9 Å². The third-order valence-electron chi connectivity index (χ3n) is 3.74. The van der Waals surface area contributed by atoms with Gasteiger partial charge in [0.25, 0.3) is 0 Å². The van der Waals surface area contributed by atoms with E-state index in [2.05, 4.69) is 55.7 Å². The summed E-state index contributed by atoms with van der Waals surface area (Å²) in [5.74, 6) is 0.724. The van der Waals surface area contributed by atoms with Crippen LogP contribution in [0, 0.1) is 5.92 Å². The van der Waals surface area contributed by atoms with Crippen LogP contribution in [0.5, 0.6) is 0 Å². The van der Waals surface area contributed by atoms with Gasteiger partial charge >= 0.3 is 0 Å². The fraction of sp³-hybridized carbons (Fsp3) is 0.588. The molecule has 0 fully saturated rings. The maximum absolute atomic E-state index is 5.39. The highest BCUT2D eigenvalue weighted by atomic mass is 32.1. The summed E-state index contributed by atoms with van der Waals surface area (Å²) in [6.45, 7) is 7.61. The zero-order chi connectivity index (χ0) is 14.8. The second-order valence-corrected chi connectivity index (χ2v) is 5.81. The molecule has 2 nitrogen and oxygen atoms in total. The molecule has 1 rings (SSSR count). The number of hydrogen-bond donors (Lipinski definition) is 2. The van der Waals surface area contributed by atoms with Crippen molar-refractivity contribution in [3.8, 4) is 0 Å². The molecule has 2 N–H and O–H groups in total. The first-order chi connectivity index (χ1) is 9.67. The van der Waals surface area contributed by atoms with Crippen LogP contribution in [0.2, 0.25) is 0 Å². The maximum Gasteiger partial charge on any atom is 0.166 e. The maximum atomic E-state index is 5.39. The minimum absolute atomic E-state index is 0.243. The van der Waals surface area contributed by atoms with Crippen LogP contribution in [-0.2, 0) is 0 Å². The van der Waals surface area contributed by atoms with Gasteiger partial charge in [0.15, 0.2) is 5.11 Å². The number of unbranched alkanes of at least 4 members (excludes halogenated alkanes) is 1. The summed E-state index contributed by atoms with van der Waals surface area (Å²) in [7, 11) is 0. The van der Waals surface area contributed by atoms with Gasteiger partial charge < -0.3 is 10.6 Å². The van der Waals surface area contributed by atoms with E-state index < -0.39 is 0 Å². The van der Waals surface area contributed by atoms with Crippen LogP contribution < -0.4 is 10.6 Å². The van der Waals surface area contributed by atoms with Gasteiger partial charge in [0.05, 0.1) is 6.04 Å². The molecule has 0 aliphatic rings. The summed E-state index contributed by atoms with van der Waals surface area (Å²) < 4.78 is 0. The van der Waals surface area contributed by atoms with E-state index in [9.17, 15) is 0 Å². The van der Waals surface area contributed by atoms with E-state index in [0.29, 0.717) is 0 Å². The lowest BCUT2D eigenvalue weighted by atomic mass is 9.99. The lowest BCUT2D eigenvalue weighted by molar-refractivity contribution is 0.444. The first-order valence-corrected chi connectivity index (χ1v) is 8.17. The Morgan fingerprint density at radius 3 is 2.50 bits per heavy atom. The van der Waals surface area contributed by atoms with Gasteiger partial charge in [-0.25, -0.2) is 0 Å². The van der Waals surface area contributed by atoms with E-state index in [1.807, 2.05) is 6.07 Å². The Kier molecular flexibility index (Phi) is 8.28. The molecule has 1 aromatic carbocycles. The second kappa shape index (κ2) is 9.76. The van der Waals surface area contributed by atoms with Gasteiger partial charge in [0.2, 0.25) is 0 Å². The molecule has 0 saturated heterocycles. The Balaban J connectivity index is 2.32. The molecule has 0 aromatic heterocycles. The molecule has 3 heteroatoms. The SMILES string of the molecule is CCCCC(CC)CNC(=S)NC(C)c1ccccc1. The van der Waals surface area contributed by atoms with Crippen LogP contribution in [-0.4, -0.2) is 11.7 Å². The monoisotopic (exact) mass is 292 g/mol. The molecule has 0 spiro atoms. The van der Waals surface area contributed by atoms with Crippen molar-refractivity contribution >= 4 is 17.3 Å². The van der Waals surface area contributed by atoms with Crippen LogP contribution in [0.4, 0.5) is 0 Å². The van der Waals surface area contributed by atoms with Crippen molar-refractivity contribution in [1.82, 2.24) is 10.6 Å². The third-order valence-corrected chi connectivity index (χ3v) is 4.00. The van der Waals surface area contributed by atoms with Gasteiger partial charge in [0, 0.05) is 6.54 Å². The summed E-state index contributed by atoms with van der Waals surface area (Å²) >= 11 is 5.39. The zero-order valence-electron chi connectivity index (χ0n) is 13.0. The summed E-state index contributed by atoms with van der Waals surface area (Å²) in [4.78, 5) is 0. The molecule has 112 valence electrons. The number of benzene rings is 1. The molecule has 0 amide bonds.